The Hall–Kier alpha value is 0.350. The van der Waals surface area contributed by atoms with Crippen molar-refractivity contribution in [1.29, 1.82) is 0 Å². The van der Waals surface area contributed by atoms with Gasteiger partial charge >= 0.3 is 0 Å². The molecule has 0 aliphatic rings. The molecular formula is C14H20BrIO2. The highest BCUT2D eigenvalue weighted by atomic mass is 127. The molecule has 2 nitrogen and oxygen atoms in total. The molecule has 0 aromatic heterocycles. The van der Waals surface area contributed by atoms with Gasteiger partial charge in [-0.3, -0.25) is 0 Å². The smallest absolute Gasteiger partial charge is 0.0915 e. The number of ether oxygens (including phenoxy) is 2. The number of hydrogen-bond acceptors (Lipinski definition) is 2. The van der Waals surface area contributed by atoms with Gasteiger partial charge in [-0.2, -0.15) is 0 Å². The molecule has 1 aromatic carbocycles. The Morgan fingerprint density at radius 3 is 2.50 bits per heavy atom. The number of benzene rings is 1. The number of halogens is 2. The zero-order chi connectivity index (χ0) is 13.2. The molecule has 0 spiro atoms. The first-order valence-corrected chi connectivity index (χ1v) is 8.60. The Kier molecular flexibility index (Phi) is 9.27. The quantitative estimate of drug-likeness (QED) is 0.322. The van der Waals surface area contributed by atoms with Crippen LogP contribution in [0.1, 0.15) is 31.4 Å². The second-order valence-electron chi connectivity index (χ2n) is 4.03. The topological polar surface area (TPSA) is 18.5 Å². The van der Waals surface area contributed by atoms with Crippen molar-refractivity contribution in [2.45, 2.75) is 25.9 Å². The molecule has 1 rings (SSSR count). The summed E-state index contributed by atoms with van der Waals surface area (Å²) in [4.78, 5) is 0. The first-order chi connectivity index (χ1) is 8.77. The van der Waals surface area contributed by atoms with E-state index in [1.165, 1.54) is 12.0 Å². The van der Waals surface area contributed by atoms with Gasteiger partial charge < -0.3 is 9.47 Å². The molecule has 0 saturated heterocycles. The molecule has 1 atom stereocenters. The van der Waals surface area contributed by atoms with Crippen LogP contribution in [0.5, 0.6) is 0 Å². The van der Waals surface area contributed by atoms with Crippen molar-refractivity contribution in [3.05, 3.63) is 34.3 Å². The Morgan fingerprint density at radius 2 is 1.89 bits per heavy atom. The number of rotatable bonds is 9. The van der Waals surface area contributed by atoms with E-state index in [-0.39, 0.29) is 6.10 Å². The van der Waals surface area contributed by atoms with Crippen LogP contribution in [0, 0.1) is 0 Å². The zero-order valence-electron chi connectivity index (χ0n) is 10.7. The average Bonchev–Trinajstić information content (AvgIpc) is 2.39. The standard InChI is InChI=1S/C14H20BrIO2/c1-2-3-8-17-9-10-18-14(11-16)12-4-6-13(15)7-5-12/h4-7,14H,2-3,8-11H2,1H3. The molecule has 4 heteroatoms. The third-order valence-corrected chi connectivity index (χ3v) is 3.90. The predicted molar refractivity (Wildman–Crippen MR) is 87.4 cm³/mol. The van der Waals surface area contributed by atoms with Gasteiger partial charge in [-0.25, -0.2) is 0 Å². The predicted octanol–water partition coefficient (Wildman–Crippen LogP) is 4.76. The summed E-state index contributed by atoms with van der Waals surface area (Å²) in [6.45, 7) is 4.35. The van der Waals surface area contributed by atoms with Crippen LogP contribution in [0.2, 0.25) is 0 Å². The monoisotopic (exact) mass is 426 g/mol. The van der Waals surface area contributed by atoms with Gasteiger partial charge in [0.1, 0.15) is 0 Å². The summed E-state index contributed by atoms with van der Waals surface area (Å²) in [5.41, 5.74) is 1.22. The van der Waals surface area contributed by atoms with Crippen molar-refractivity contribution in [2.75, 3.05) is 24.2 Å². The summed E-state index contributed by atoms with van der Waals surface area (Å²) in [5, 5.41) is 0. The van der Waals surface area contributed by atoms with Gasteiger partial charge in [0.25, 0.3) is 0 Å². The van der Waals surface area contributed by atoms with Gasteiger partial charge in [0.2, 0.25) is 0 Å². The lowest BCUT2D eigenvalue weighted by atomic mass is 10.1. The summed E-state index contributed by atoms with van der Waals surface area (Å²) >= 11 is 5.80. The number of unbranched alkanes of at least 4 members (excludes halogenated alkanes) is 1. The van der Waals surface area contributed by atoms with Crippen LogP contribution >= 0.6 is 38.5 Å². The maximum Gasteiger partial charge on any atom is 0.0915 e. The minimum absolute atomic E-state index is 0.161. The van der Waals surface area contributed by atoms with Gasteiger partial charge in [0.05, 0.1) is 19.3 Å². The van der Waals surface area contributed by atoms with Crippen LogP contribution in [0.25, 0.3) is 0 Å². The minimum atomic E-state index is 0.161. The van der Waals surface area contributed by atoms with E-state index in [0.29, 0.717) is 13.2 Å². The molecule has 0 heterocycles. The molecule has 18 heavy (non-hydrogen) atoms. The van der Waals surface area contributed by atoms with Gasteiger partial charge in [0.15, 0.2) is 0 Å². The second kappa shape index (κ2) is 10.2. The normalized spacial score (nSPS) is 12.6. The van der Waals surface area contributed by atoms with Gasteiger partial charge in [-0.1, -0.05) is 64.0 Å². The third-order valence-electron chi connectivity index (χ3n) is 2.57. The molecule has 0 bridgehead atoms. The summed E-state index contributed by atoms with van der Waals surface area (Å²) in [5.74, 6) is 0. The fourth-order valence-electron chi connectivity index (χ4n) is 1.51. The number of alkyl halides is 1. The lowest BCUT2D eigenvalue weighted by molar-refractivity contribution is 0.0139. The Bertz CT molecular complexity index is 316. The van der Waals surface area contributed by atoms with Crippen molar-refractivity contribution in [1.82, 2.24) is 0 Å². The molecule has 0 saturated carbocycles. The molecule has 0 amide bonds. The van der Waals surface area contributed by atoms with E-state index in [2.05, 4.69) is 69.7 Å². The van der Waals surface area contributed by atoms with Crippen LogP contribution in [-0.2, 0) is 9.47 Å². The largest absolute Gasteiger partial charge is 0.379 e. The van der Waals surface area contributed by atoms with Gasteiger partial charge in [0, 0.05) is 15.5 Å². The van der Waals surface area contributed by atoms with Crippen molar-refractivity contribution < 1.29 is 9.47 Å². The third kappa shape index (κ3) is 6.50. The maximum atomic E-state index is 5.85. The lowest BCUT2D eigenvalue weighted by Crippen LogP contribution is -2.11. The first kappa shape index (κ1) is 16.4. The maximum absolute atomic E-state index is 5.85. The summed E-state index contributed by atoms with van der Waals surface area (Å²) in [6.07, 6.45) is 2.46. The molecule has 0 aliphatic carbocycles. The fourth-order valence-corrected chi connectivity index (χ4v) is 2.53. The van der Waals surface area contributed by atoms with Gasteiger partial charge in [-0.15, -0.1) is 0 Å². The summed E-state index contributed by atoms with van der Waals surface area (Å²) in [7, 11) is 0. The highest BCUT2D eigenvalue weighted by Gasteiger charge is 2.09. The summed E-state index contributed by atoms with van der Waals surface area (Å²) in [6, 6.07) is 8.31. The van der Waals surface area contributed by atoms with E-state index in [0.717, 1.165) is 21.9 Å². The number of hydrogen-bond donors (Lipinski definition) is 0. The van der Waals surface area contributed by atoms with E-state index >= 15 is 0 Å². The molecule has 0 radical (unpaired) electrons. The van der Waals surface area contributed by atoms with Crippen molar-refractivity contribution in [3.8, 4) is 0 Å². The van der Waals surface area contributed by atoms with Crippen LogP contribution in [0.4, 0.5) is 0 Å². The Balaban J connectivity index is 2.27. The molecule has 0 aliphatic heterocycles. The highest BCUT2D eigenvalue weighted by molar-refractivity contribution is 14.1. The first-order valence-electron chi connectivity index (χ1n) is 6.28. The molecule has 0 fully saturated rings. The zero-order valence-corrected chi connectivity index (χ0v) is 14.4. The molecular weight excluding hydrogens is 407 g/mol. The van der Waals surface area contributed by atoms with Crippen molar-refractivity contribution >= 4 is 38.5 Å². The molecule has 0 N–H and O–H groups in total. The van der Waals surface area contributed by atoms with Crippen molar-refractivity contribution in [2.24, 2.45) is 0 Å². The Morgan fingerprint density at radius 1 is 1.17 bits per heavy atom. The van der Waals surface area contributed by atoms with E-state index < -0.39 is 0 Å². The fraction of sp³-hybridized carbons (Fsp3) is 0.571. The SMILES string of the molecule is CCCCOCCOC(CI)c1ccc(Br)cc1. The molecule has 1 unspecified atom stereocenters. The Labute approximate surface area is 132 Å². The second-order valence-corrected chi connectivity index (χ2v) is 5.83. The van der Waals surface area contributed by atoms with Crippen LogP contribution < -0.4 is 0 Å². The average molecular weight is 427 g/mol. The lowest BCUT2D eigenvalue weighted by Gasteiger charge is -2.16. The van der Waals surface area contributed by atoms with Gasteiger partial charge in [-0.05, 0) is 24.1 Å². The minimum Gasteiger partial charge on any atom is -0.379 e. The van der Waals surface area contributed by atoms with Crippen molar-refractivity contribution in [3.63, 3.8) is 0 Å². The highest BCUT2D eigenvalue weighted by Crippen LogP contribution is 2.21. The van der Waals surface area contributed by atoms with E-state index in [1.54, 1.807) is 0 Å². The van der Waals surface area contributed by atoms with E-state index in [4.69, 9.17) is 9.47 Å². The van der Waals surface area contributed by atoms with Crippen LogP contribution in [0.15, 0.2) is 28.7 Å². The van der Waals surface area contributed by atoms with E-state index in [9.17, 15) is 0 Å². The van der Waals surface area contributed by atoms with E-state index in [1.807, 2.05) is 0 Å². The van der Waals surface area contributed by atoms with Crippen LogP contribution in [-0.4, -0.2) is 24.2 Å². The van der Waals surface area contributed by atoms with Crippen LogP contribution in [0.3, 0.4) is 0 Å². The summed E-state index contributed by atoms with van der Waals surface area (Å²) < 4.78 is 13.4. The molecule has 1 aromatic rings. The molecule has 102 valence electrons.